The number of ether oxygens (including phenoxy) is 1. The van der Waals surface area contributed by atoms with Gasteiger partial charge >= 0.3 is 5.97 Å². The van der Waals surface area contributed by atoms with Crippen molar-refractivity contribution in [1.29, 1.82) is 0 Å². The van der Waals surface area contributed by atoms with E-state index in [0.29, 0.717) is 6.61 Å². The van der Waals surface area contributed by atoms with Crippen LogP contribution in [0, 0.1) is 11.8 Å². The predicted octanol–water partition coefficient (Wildman–Crippen LogP) is 2.54. The van der Waals surface area contributed by atoms with Gasteiger partial charge in [-0.3, -0.25) is 9.78 Å². The third-order valence-corrected chi connectivity index (χ3v) is 2.41. The molecule has 18 heavy (non-hydrogen) atoms. The van der Waals surface area contributed by atoms with Gasteiger partial charge < -0.3 is 4.74 Å². The van der Waals surface area contributed by atoms with Gasteiger partial charge in [0, 0.05) is 17.1 Å². The Bertz CT molecular complexity index is 618. The second kappa shape index (κ2) is 5.83. The van der Waals surface area contributed by atoms with Crippen molar-refractivity contribution in [2.75, 3.05) is 6.61 Å². The van der Waals surface area contributed by atoms with Crippen LogP contribution >= 0.6 is 0 Å². The van der Waals surface area contributed by atoms with Crippen LogP contribution in [0.4, 0.5) is 0 Å². The lowest BCUT2D eigenvalue weighted by molar-refractivity contribution is -0.141. The minimum Gasteiger partial charge on any atom is -0.465 e. The Labute approximate surface area is 106 Å². The molecule has 1 aromatic heterocycles. The van der Waals surface area contributed by atoms with E-state index in [1.807, 2.05) is 30.3 Å². The van der Waals surface area contributed by atoms with E-state index in [1.165, 1.54) is 0 Å². The van der Waals surface area contributed by atoms with Gasteiger partial charge in [0.1, 0.15) is 6.42 Å². The minimum absolute atomic E-state index is 0.116. The van der Waals surface area contributed by atoms with E-state index in [9.17, 15) is 4.79 Å². The first-order valence-corrected chi connectivity index (χ1v) is 5.79. The molecule has 1 heterocycles. The molecule has 0 fully saturated rings. The SMILES string of the molecule is CCOC(=O)CC#Cc1cccc2ncccc12. The van der Waals surface area contributed by atoms with Gasteiger partial charge in [0.25, 0.3) is 0 Å². The van der Waals surface area contributed by atoms with E-state index in [-0.39, 0.29) is 12.4 Å². The lowest BCUT2D eigenvalue weighted by Crippen LogP contribution is -2.01. The second-order valence-corrected chi connectivity index (χ2v) is 3.66. The van der Waals surface area contributed by atoms with E-state index < -0.39 is 0 Å². The first-order valence-electron chi connectivity index (χ1n) is 5.79. The average Bonchev–Trinajstić information content (AvgIpc) is 2.39. The summed E-state index contributed by atoms with van der Waals surface area (Å²) in [4.78, 5) is 15.4. The van der Waals surface area contributed by atoms with Crippen molar-refractivity contribution in [2.24, 2.45) is 0 Å². The molecule has 3 nitrogen and oxygen atoms in total. The summed E-state index contributed by atoms with van der Waals surface area (Å²) in [5, 5.41) is 0.997. The molecule has 0 spiro atoms. The van der Waals surface area contributed by atoms with Crippen LogP contribution in [0.15, 0.2) is 36.5 Å². The maximum Gasteiger partial charge on any atom is 0.317 e. The van der Waals surface area contributed by atoms with Gasteiger partial charge in [-0.15, -0.1) is 0 Å². The fourth-order valence-electron chi connectivity index (χ4n) is 1.64. The van der Waals surface area contributed by atoms with E-state index in [1.54, 1.807) is 13.1 Å². The number of rotatable bonds is 2. The van der Waals surface area contributed by atoms with Crippen LogP contribution in [0.25, 0.3) is 10.9 Å². The standard InChI is InChI=1S/C15H13NO2/c1-2-18-15(17)10-4-7-12-6-3-9-14-13(12)8-5-11-16-14/h3,5-6,8-9,11H,2,10H2,1H3. The lowest BCUT2D eigenvalue weighted by Gasteiger charge is -1.98. The fourth-order valence-corrected chi connectivity index (χ4v) is 1.64. The van der Waals surface area contributed by atoms with Crippen molar-refractivity contribution in [2.45, 2.75) is 13.3 Å². The molecule has 0 N–H and O–H groups in total. The van der Waals surface area contributed by atoms with E-state index >= 15 is 0 Å². The van der Waals surface area contributed by atoms with Gasteiger partial charge in [0.05, 0.1) is 12.1 Å². The van der Waals surface area contributed by atoms with Crippen molar-refractivity contribution in [3.05, 3.63) is 42.1 Å². The Hall–Kier alpha value is -2.34. The third kappa shape index (κ3) is 2.86. The van der Waals surface area contributed by atoms with Crippen LogP contribution in [0.5, 0.6) is 0 Å². The van der Waals surface area contributed by atoms with Gasteiger partial charge in [-0.05, 0) is 25.1 Å². The highest BCUT2D eigenvalue weighted by Crippen LogP contribution is 2.15. The molecule has 0 saturated carbocycles. The van der Waals surface area contributed by atoms with E-state index in [2.05, 4.69) is 16.8 Å². The van der Waals surface area contributed by atoms with Gasteiger partial charge in [0.2, 0.25) is 0 Å². The van der Waals surface area contributed by atoms with Crippen LogP contribution in [0.2, 0.25) is 0 Å². The molecule has 0 bridgehead atoms. The number of esters is 1. The van der Waals surface area contributed by atoms with E-state index in [0.717, 1.165) is 16.5 Å². The van der Waals surface area contributed by atoms with Crippen molar-refractivity contribution < 1.29 is 9.53 Å². The number of aromatic nitrogens is 1. The summed E-state index contributed by atoms with van der Waals surface area (Å²) in [7, 11) is 0. The van der Waals surface area contributed by atoms with Crippen molar-refractivity contribution >= 4 is 16.9 Å². The highest BCUT2D eigenvalue weighted by Gasteiger charge is 1.99. The number of benzene rings is 1. The van der Waals surface area contributed by atoms with Gasteiger partial charge in [0.15, 0.2) is 0 Å². The molecule has 2 rings (SSSR count). The highest BCUT2D eigenvalue weighted by molar-refractivity contribution is 5.85. The molecule has 0 aliphatic rings. The second-order valence-electron chi connectivity index (χ2n) is 3.66. The number of carbonyl (C=O) groups is 1. The normalized spacial score (nSPS) is 9.61. The molecule has 0 amide bonds. The summed E-state index contributed by atoms with van der Waals surface area (Å²) >= 11 is 0. The largest absolute Gasteiger partial charge is 0.465 e. The van der Waals surface area contributed by atoms with Gasteiger partial charge in [-0.1, -0.05) is 24.0 Å². The van der Waals surface area contributed by atoms with Crippen molar-refractivity contribution in [1.82, 2.24) is 4.98 Å². The zero-order chi connectivity index (χ0) is 12.8. The number of pyridine rings is 1. The number of hydrogen-bond acceptors (Lipinski definition) is 3. The Morgan fingerprint density at radius 3 is 3.06 bits per heavy atom. The molecule has 2 aromatic rings. The maximum atomic E-state index is 11.2. The summed E-state index contributed by atoms with van der Waals surface area (Å²) in [6.07, 6.45) is 1.86. The fraction of sp³-hybridized carbons (Fsp3) is 0.200. The van der Waals surface area contributed by atoms with Crippen molar-refractivity contribution in [3.63, 3.8) is 0 Å². The summed E-state index contributed by atoms with van der Waals surface area (Å²) in [5.41, 5.74) is 1.78. The first kappa shape index (κ1) is 12.1. The number of carbonyl (C=O) groups excluding carboxylic acids is 1. The molecular formula is C15H13NO2. The number of fused-ring (bicyclic) bond motifs is 1. The zero-order valence-corrected chi connectivity index (χ0v) is 10.1. The van der Waals surface area contributed by atoms with Crippen molar-refractivity contribution in [3.8, 4) is 11.8 Å². The molecule has 0 atom stereocenters. The molecule has 0 aliphatic heterocycles. The molecule has 3 heteroatoms. The molecule has 0 saturated heterocycles. The Morgan fingerprint density at radius 1 is 1.33 bits per heavy atom. The summed E-state index contributed by atoms with van der Waals surface area (Å²) in [6, 6.07) is 9.60. The average molecular weight is 239 g/mol. The Balaban J connectivity index is 2.22. The van der Waals surface area contributed by atoms with Crippen LogP contribution in [0.3, 0.4) is 0 Å². The molecule has 90 valence electrons. The number of hydrogen-bond donors (Lipinski definition) is 0. The molecule has 0 aliphatic carbocycles. The van der Waals surface area contributed by atoms with Crippen LogP contribution in [0.1, 0.15) is 18.9 Å². The number of nitrogens with zero attached hydrogens (tertiary/aromatic N) is 1. The van der Waals surface area contributed by atoms with E-state index in [4.69, 9.17) is 4.74 Å². The van der Waals surface area contributed by atoms with Gasteiger partial charge in [-0.2, -0.15) is 0 Å². The highest BCUT2D eigenvalue weighted by atomic mass is 16.5. The monoisotopic (exact) mass is 239 g/mol. The van der Waals surface area contributed by atoms with Gasteiger partial charge in [-0.25, -0.2) is 0 Å². The predicted molar refractivity (Wildman–Crippen MR) is 69.9 cm³/mol. The van der Waals surface area contributed by atoms with Crippen LogP contribution in [-0.4, -0.2) is 17.6 Å². The summed E-state index contributed by atoms with van der Waals surface area (Å²) < 4.78 is 4.81. The Kier molecular flexibility index (Phi) is 3.93. The zero-order valence-electron chi connectivity index (χ0n) is 10.1. The minimum atomic E-state index is -0.289. The Morgan fingerprint density at radius 2 is 2.22 bits per heavy atom. The smallest absolute Gasteiger partial charge is 0.317 e. The first-order chi connectivity index (χ1) is 8.81. The quantitative estimate of drug-likeness (QED) is 0.597. The molecule has 0 radical (unpaired) electrons. The summed E-state index contributed by atoms with van der Waals surface area (Å²) in [6.45, 7) is 2.17. The third-order valence-electron chi connectivity index (χ3n) is 2.41. The summed E-state index contributed by atoms with van der Waals surface area (Å²) in [5.74, 6) is 5.52. The molecule has 0 unspecified atom stereocenters. The lowest BCUT2D eigenvalue weighted by atomic mass is 10.1. The van der Waals surface area contributed by atoms with Crippen LogP contribution in [-0.2, 0) is 9.53 Å². The van der Waals surface area contributed by atoms with Crippen LogP contribution < -0.4 is 0 Å². The molecule has 1 aromatic carbocycles. The topological polar surface area (TPSA) is 39.2 Å². The maximum absolute atomic E-state index is 11.2. The molecular weight excluding hydrogens is 226 g/mol.